The number of aryl methyl sites for hydroxylation is 1. The molecule has 1 aromatic heterocycles. The van der Waals surface area contributed by atoms with Gasteiger partial charge in [-0.05, 0) is 25.3 Å². The number of fused-ring (bicyclic) bond motifs is 1. The number of benzene rings is 1. The summed E-state index contributed by atoms with van der Waals surface area (Å²) in [4.78, 5) is 0. The molecule has 2 heterocycles. The van der Waals surface area contributed by atoms with Crippen LogP contribution in [0.2, 0.25) is 0 Å². The molecule has 17 heavy (non-hydrogen) atoms. The van der Waals surface area contributed by atoms with Gasteiger partial charge >= 0.3 is 0 Å². The predicted octanol–water partition coefficient (Wildman–Crippen LogP) is 2.77. The highest BCUT2D eigenvalue weighted by Crippen LogP contribution is 2.25. The molecule has 1 aliphatic rings. The molecule has 0 saturated heterocycles. The highest BCUT2D eigenvalue weighted by atomic mass is 15.3. The van der Waals surface area contributed by atoms with Crippen LogP contribution in [0.15, 0.2) is 30.3 Å². The van der Waals surface area contributed by atoms with Crippen LogP contribution in [-0.4, -0.2) is 14.8 Å². The molecule has 0 saturated carbocycles. The molecule has 3 rings (SSSR count). The summed E-state index contributed by atoms with van der Waals surface area (Å²) in [5, 5.41) is 8.67. The largest absolute Gasteiger partial charge is 0.312 e. The maximum absolute atomic E-state index is 4.36. The van der Waals surface area contributed by atoms with Crippen LogP contribution in [0.25, 0.3) is 0 Å². The average Bonchev–Trinajstić information content (AvgIpc) is 2.75. The van der Waals surface area contributed by atoms with Crippen LogP contribution in [0, 0.1) is 0 Å². The first-order valence-electron chi connectivity index (χ1n) is 6.31. The van der Waals surface area contributed by atoms with Crippen molar-refractivity contribution in [2.45, 2.75) is 38.6 Å². The van der Waals surface area contributed by atoms with E-state index >= 15 is 0 Å². The van der Waals surface area contributed by atoms with Gasteiger partial charge in [-0.1, -0.05) is 30.3 Å². The van der Waals surface area contributed by atoms with Crippen molar-refractivity contribution in [2.75, 3.05) is 0 Å². The van der Waals surface area contributed by atoms with E-state index in [-0.39, 0.29) is 0 Å². The minimum Gasteiger partial charge on any atom is -0.312 e. The van der Waals surface area contributed by atoms with Crippen LogP contribution < -0.4 is 0 Å². The van der Waals surface area contributed by atoms with E-state index in [4.69, 9.17) is 0 Å². The summed E-state index contributed by atoms with van der Waals surface area (Å²) in [5.74, 6) is 2.27. The average molecular weight is 227 g/mol. The molecule has 3 nitrogen and oxygen atoms in total. The van der Waals surface area contributed by atoms with Crippen LogP contribution >= 0.6 is 0 Å². The standard InChI is InChI=1S/C14H17N3/c1-11-6-5-9-13-15-16-14(17(11)13)10-12-7-3-2-4-8-12/h2-4,7-8,11H,5-6,9-10H2,1H3. The lowest BCUT2D eigenvalue weighted by Gasteiger charge is -2.22. The summed E-state index contributed by atoms with van der Waals surface area (Å²) in [6.07, 6.45) is 4.45. The fraction of sp³-hybridized carbons (Fsp3) is 0.429. The zero-order valence-corrected chi connectivity index (χ0v) is 10.1. The SMILES string of the molecule is CC1CCCc2nnc(Cc3ccccc3)n21. The van der Waals surface area contributed by atoms with Gasteiger partial charge in [0.05, 0.1) is 0 Å². The van der Waals surface area contributed by atoms with Gasteiger partial charge in [0.1, 0.15) is 11.6 Å². The van der Waals surface area contributed by atoms with Gasteiger partial charge in [0, 0.05) is 18.9 Å². The fourth-order valence-electron chi connectivity index (χ4n) is 2.62. The molecule has 3 heteroatoms. The molecule has 0 bridgehead atoms. The molecule has 0 spiro atoms. The van der Waals surface area contributed by atoms with Gasteiger partial charge in [0.2, 0.25) is 0 Å². The molecule has 0 fully saturated rings. The van der Waals surface area contributed by atoms with Crippen molar-refractivity contribution in [2.24, 2.45) is 0 Å². The quantitative estimate of drug-likeness (QED) is 0.789. The highest BCUT2D eigenvalue weighted by Gasteiger charge is 2.21. The van der Waals surface area contributed by atoms with E-state index in [2.05, 4.69) is 46.0 Å². The fourth-order valence-corrected chi connectivity index (χ4v) is 2.62. The first-order valence-corrected chi connectivity index (χ1v) is 6.31. The Balaban J connectivity index is 1.92. The van der Waals surface area contributed by atoms with Crippen LogP contribution in [0.1, 0.15) is 43.0 Å². The maximum atomic E-state index is 4.36. The Morgan fingerprint density at radius 2 is 2.06 bits per heavy atom. The molecule has 0 aliphatic carbocycles. The summed E-state index contributed by atoms with van der Waals surface area (Å²) >= 11 is 0. The lowest BCUT2D eigenvalue weighted by atomic mass is 10.1. The van der Waals surface area contributed by atoms with E-state index in [9.17, 15) is 0 Å². The van der Waals surface area contributed by atoms with E-state index in [0.717, 1.165) is 24.5 Å². The van der Waals surface area contributed by atoms with E-state index in [1.165, 1.54) is 18.4 Å². The monoisotopic (exact) mass is 227 g/mol. The maximum Gasteiger partial charge on any atom is 0.137 e. The Labute approximate surface area is 101 Å². The predicted molar refractivity (Wildman–Crippen MR) is 66.9 cm³/mol. The Bertz CT molecular complexity index is 501. The van der Waals surface area contributed by atoms with Gasteiger partial charge in [-0.2, -0.15) is 0 Å². The minimum absolute atomic E-state index is 0.549. The van der Waals surface area contributed by atoms with Crippen LogP contribution in [0.5, 0.6) is 0 Å². The third-order valence-electron chi connectivity index (χ3n) is 3.51. The molecule has 0 radical (unpaired) electrons. The van der Waals surface area contributed by atoms with Gasteiger partial charge in [0.15, 0.2) is 0 Å². The Morgan fingerprint density at radius 3 is 2.88 bits per heavy atom. The molecule has 1 atom stereocenters. The lowest BCUT2D eigenvalue weighted by molar-refractivity contribution is 0.416. The van der Waals surface area contributed by atoms with Crippen LogP contribution in [0.4, 0.5) is 0 Å². The first kappa shape index (κ1) is 10.5. The van der Waals surface area contributed by atoms with E-state index in [0.29, 0.717) is 6.04 Å². The van der Waals surface area contributed by atoms with Gasteiger partial charge in [-0.25, -0.2) is 0 Å². The molecule has 2 aromatic rings. The van der Waals surface area contributed by atoms with Crippen LogP contribution in [-0.2, 0) is 12.8 Å². The number of hydrogen-bond acceptors (Lipinski definition) is 2. The summed E-state index contributed by atoms with van der Waals surface area (Å²) in [7, 11) is 0. The summed E-state index contributed by atoms with van der Waals surface area (Å²) in [6, 6.07) is 11.0. The first-order chi connectivity index (χ1) is 8.34. The summed E-state index contributed by atoms with van der Waals surface area (Å²) in [5.41, 5.74) is 1.31. The third kappa shape index (κ3) is 1.97. The molecule has 1 aliphatic heterocycles. The molecule has 0 amide bonds. The van der Waals surface area contributed by atoms with Crippen LogP contribution in [0.3, 0.4) is 0 Å². The molecule has 1 aromatic carbocycles. The smallest absolute Gasteiger partial charge is 0.137 e. The molecule has 88 valence electrons. The molecule has 1 unspecified atom stereocenters. The van der Waals surface area contributed by atoms with Crippen molar-refractivity contribution in [3.63, 3.8) is 0 Å². The topological polar surface area (TPSA) is 30.7 Å². The summed E-state index contributed by atoms with van der Waals surface area (Å²) in [6.45, 7) is 2.26. The van der Waals surface area contributed by atoms with Crippen molar-refractivity contribution >= 4 is 0 Å². The van der Waals surface area contributed by atoms with Crippen molar-refractivity contribution in [1.29, 1.82) is 0 Å². The molecular weight excluding hydrogens is 210 g/mol. The molecule has 0 N–H and O–H groups in total. The second-order valence-corrected chi connectivity index (χ2v) is 4.81. The van der Waals surface area contributed by atoms with Gasteiger partial charge in [-0.3, -0.25) is 0 Å². The van der Waals surface area contributed by atoms with E-state index < -0.39 is 0 Å². The van der Waals surface area contributed by atoms with E-state index in [1.54, 1.807) is 0 Å². The normalized spacial score (nSPS) is 19.0. The molecular formula is C14H17N3. The second kappa shape index (κ2) is 4.32. The third-order valence-corrected chi connectivity index (χ3v) is 3.51. The van der Waals surface area contributed by atoms with Crippen molar-refractivity contribution in [3.8, 4) is 0 Å². The van der Waals surface area contributed by atoms with Gasteiger partial charge in [-0.15, -0.1) is 10.2 Å². The van der Waals surface area contributed by atoms with Crippen molar-refractivity contribution in [3.05, 3.63) is 47.5 Å². The zero-order chi connectivity index (χ0) is 11.7. The van der Waals surface area contributed by atoms with Gasteiger partial charge in [0.25, 0.3) is 0 Å². The summed E-state index contributed by atoms with van der Waals surface area (Å²) < 4.78 is 2.33. The Hall–Kier alpha value is -1.64. The lowest BCUT2D eigenvalue weighted by Crippen LogP contribution is -2.17. The van der Waals surface area contributed by atoms with Crippen molar-refractivity contribution < 1.29 is 0 Å². The highest BCUT2D eigenvalue weighted by molar-refractivity contribution is 5.19. The van der Waals surface area contributed by atoms with Gasteiger partial charge < -0.3 is 4.57 Å². The number of rotatable bonds is 2. The zero-order valence-electron chi connectivity index (χ0n) is 10.1. The Kier molecular flexibility index (Phi) is 2.67. The minimum atomic E-state index is 0.549. The number of nitrogens with zero attached hydrogens (tertiary/aromatic N) is 3. The number of hydrogen-bond donors (Lipinski definition) is 0. The van der Waals surface area contributed by atoms with Crippen molar-refractivity contribution in [1.82, 2.24) is 14.8 Å². The van der Waals surface area contributed by atoms with E-state index in [1.807, 2.05) is 6.07 Å². The Morgan fingerprint density at radius 1 is 1.24 bits per heavy atom. The number of aromatic nitrogens is 3. The second-order valence-electron chi connectivity index (χ2n) is 4.81.